The van der Waals surface area contributed by atoms with Gasteiger partial charge in [0.15, 0.2) is 5.78 Å². The number of hydrogen-bond acceptors (Lipinski definition) is 7. The van der Waals surface area contributed by atoms with Crippen molar-refractivity contribution in [3.05, 3.63) is 70.3 Å². The van der Waals surface area contributed by atoms with E-state index in [1.54, 1.807) is 39.2 Å². The molecule has 2 aromatic rings. The zero-order valence-electron chi connectivity index (χ0n) is 26.5. The second kappa shape index (κ2) is 12.0. The second-order valence-corrected chi connectivity index (χ2v) is 16.1. The minimum atomic E-state index is -3.98. The van der Waals surface area contributed by atoms with E-state index in [4.69, 9.17) is 21.1 Å². The molecule has 2 aliphatic carbocycles. The number of carbonyl (C=O) groups is 2. The van der Waals surface area contributed by atoms with Crippen LogP contribution in [0.5, 0.6) is 5.75 Å². The van der Waals surface area contributed by atoms with Crippen molar-refractivity contribution in [2.45, 2.75) is 75.6 Å². The quantitative estimate of drug-likeness (QED) is 0.405. The van der Waals surface area contributed by atoms with Crippen LogP contribution in [0.3, 0.4) is 0 Å². The predicted octanol–water partition coefficient (Wildman–Crippen LogP) is 5.86. The van der Waals surface area contributed by atoms with Gasteiger partial charge in [-0.1, -0.05) is 30.7 Å². The molecule has 0 radical (unpaired) electrons. The summed E-state index contributed by atoms with van der Waals surface area (Å²) < 4.78 is 41.6. The van der Waals surface area contributed by atoms with E-state index in [2.05, 4.69) is 21.8 Å². The zero-order valence-corrected chi connectivity index (χ0v) is 28.0. The first-order valence-corrected chi connectivity index (χ1v) is 17.9. The molecule has 6 rings (SSSR count). The Morgan fingerprint density at radius 3 is 2.67 bits per heavy atom. The van der Waals surface area contributed by atoms with Crippen LogP contribution in [-0.2, 0) is 31.4 Å². The number of benzene rings is 2. The molecule has 1 fully saturated rings. The van der Waals surface area contributed by atoms with Crippen LogP contribution in [0.4, 0.5) is 5.69 Å². The first-order chi connectivity index (χ1) is 21.4. The molecular formula is C35H43ClN2O6S. The first-order valence-electron chi connectivity index (χ1n) is 16.0. The number of ketones is 1. The minimum Gasteiger partial charge on any atom is -0.490 e. The number of allylic oxidation sites excluding steroid dienone is 1. The lowest BCUT2D eigenvalue weighted by Crippen LogP contribution is -2.55. The summed E-state index contributed by atoms with van der Waals surface area (Å²) in [6.45, 7) is 6.76. The average molecular weight is 655 g/mol. The van der Waals surface area contributed by atoms with Crippen LogP contribution in [0, 0.1) is 17.8 Å². The maximum absolute atomic E-state index is 13.4. The highest BCUT2D eigenvalue weighted by Crippen LogP contribution is 2.49. The van der Waals surface area contributed by atoms with E-state index < -0.39 is 26.8 Å². The molecule has 0 aromatic heterocycles. The van der Waals surface area contributed by atoms with Gasteiger partial charge in [0.05, 0.1) is 17.5 Å². The van der Waals surface area contributed by atoms with E-state index in [0.717, 1.165) is 37.8 Å². The van der Waals surface area contributed by atoms with Gasteiger partial charge in [-0.2, -0.15) is 0 Å². The van der Waals surface area contributed by atoms with Gasteiger partial charge in [0.25, 0.3) is 5.91 Å². The van der Waals surface area contributed by atoms with Crippen LogP contribution in [0.2, 0.25) is 5.02 Å². The normalized spacial score (nSPS) is 33.4. The number of rotatable bonds is 2. The van der Waals surface area contributed by atoms with Crippen molar-refractivity contribution in [1.82, 2.24) is 4.72 Å². The summed E-state index contributed by atoms with van der Waals surface area (Å²) in [5.41, 5.74) is 2.05. The number of halogens is 1. The molecule has 6 atom stereocenters. The average Bonchev–Trinajstić information content (AvgIpc) is 3.14. The standard InChI is InChI=1S/C35H43ClN2O6S/c1-22-7-5-16-35(43-4,24(3)39)30-12-9-27(30)19-38-20-34(15-6-8-25-17-28(36)11-13-29(25)34)21-44-32-14-10-26(18-31(32)38)33(40)37-45(41,42)23(22)2/h5,10-11,13-14,16-18,22-23,27,30H,6-9,12,15,19-21H2,1-4H3,(H,37,40)/b16-5+/t22-,23+,27-,30+,34-,35-/m0/s1. The topological polar surface area (TPSA) is 102 Å². The highest BCUT2D eigenvalue weighted by Gasteiger charge is 2.51. The molecule has 2 aromatic carbocycles. The molecule has 0 saturated heterocycles. The SMILES string of the molecule is CO[C@]1(C(C)=O)/C=C/C[C@H](C)[C@@H](C)S(=O)(=O)NC(=O)c2ccc3c(c2)N(C[C@@H]2CC[C@H]21)C[C@@]1(CCCc2cc(Cl)ccc21)CO3. The first kappa shape index (κ1) is 32.1. The second-order valence-electron chi connectivity index (χ2n) is 13.6. The molecular weight excluding hydrogens is 612 g/mol. The van der Waals surface area contributed by atoms with Gasteiger partial charge in [-0.3, -0.25) is 9.59 Å². The van der Waals surface area contributed by atoms with Gasteiger partial charge in [-0.05, 0) is 112 Å². The highest BCUT2D eigenvalue weighted by molar-refractivity contribution is 7.90. The minimum absolute atomic E-state index is 0.0480. The third-order valence-corrected chi connectivity index (χ3v) is 13.2. The summed E-state index contributed by atoms with van der Waals surface area (Å²) in [6, 6.07) is 11.3. The highest BCUT2D eigenvalue weighted by atomic mass is 35.5. The fourth-order valence-corrected chi connectivity index (χ4v) is 9.47. The van der Waals surface area contributed by atoms with Gasteiger partial charge < -0.3 is 14.4 Å². The number of Topliss-reactive ketones (excluding diaryl/α,β-unsaturated/α-hetero) is 1. The van der Waals surface area contributed by atoms with Gasteiger partial charge in [0.2, 0.25) is 10.0 Å². The Bertz CT molecular complexity index is 1640. The molecule has 45 heavy (non-hydrogen) atoms. The van der Waals surface area contributed by atoms with Gasteiger partial charge >= 0.3 is 0 Å². The number of carbonyl (C=O) groups excluding carboxylic acids is 2. The number of hydrogen-bond donors (Lipinski definition) is 1. The van der Waals surface area contributed by atoms with E-state index in [0.29, 0.717) is 36.9 Å². The molecule has 1 amide bonds. The number of anilines is 1. The van der Waals surface area contributed by atoms with Crippen molar-refractivity contribution in [3.8, 4) is 5.75 Å². The molecule has 2 heterocycles. The van der Waals surface area contributed by atoms with Crippen LogP contribution in [0.1, 0.15) is 74.4 Å². The molecule has 1 saturated carbocycles. The monoisotopic (exact) mass is 654 g/mol. The Labute approximate surface area is 271 Å². The Morgan fingerprint density at radius 2 is 1.96 bits per heavy atom. The molecule has 0 unspecified atom stereocenters. The summed E-state index contributed by atoms with van der Waals surface area (Å²) in [4.78, 5) is 29.1. The maximum Gasteiger partial charge on any atom is 0.264 e. The van der Waals surface area contributed by atoms with Crippen molar-refractivity contribution >= 4 is 39.0 Å². The van der Waals surface area contributed by atoms with Crippen molar-refractivity contribution in [2.75, 3.05) is 31.7 Å². The summed E-state index contributed by atoms with van der Waals surface area (Å²) in [6.07, 6.45) is 8.81. The van der Waals surface area contributed by atoms with Crippen LogP contribution in [0.15, 0.2) is 48.6 Å². The van der Waals surface area contributed by atoms with Gasteiger partial charge in [0, 0.05) is 42.1 Å². The molecule has 4 aliphatic rings. The predicted molar refractivity (Wildman–Crippen MR) is 176 cm³/mol. The van der Waals surface area contributed by atoms with E-state index >= 15 is 0 Å². The Hall–Kier alpha value is -2.88. The van der Waals surface area contributed by atoms with Crippen LogP contribution >= 0.6 is 11.6 Å². The Balaban J connectivity index is 1.47. The molecule has 2 bridgehead atoms. The van der Waals surface area contributed by atoms with Gasteiger partial charge in [-0.15, -0.1) is 0 Å². The van der Waals surface area contributed by atoms with E-state index in [9.17, 15) is 18.0 Å². The summed E-state index contributed by atoms with van der Waals surface area (Å²) >= 11 is 6.41. The molecule has 2 aliphatic heterocycles. The number of amides is 1. The third-order valence-electron chi connectivity index (χ3n) is 11.0. The number of nitrogens with one attached hydrogen (secondary N) is 1. The molecule has 1 spiro atoms. The number of methoxy groups -OCH3 is 1. The Morgan fingerprint density at radius 1 is 1.16 bits per heavy atom. The van der Waals surface area contributed by atoms with Crippen LogP contribution in [-0.4, -0.2) is 57.8 Å². The number of sulfonamides is 1. The number of nitrogens with zero attached hydrogens (tertiary/aromatic N) is 1. The van der Waals surface area contributed by atoms with Crippen molar-refractivity contribution in [1.29, 1.82) is 0 Å². The fourth-order valence-electron chi connectivity index (χ4n) is 7.99. The zero-order chi connectivity index (χ0) is 32.1. The van der Waals surface area contributed by atoms with Gasteiger partial charge in [-0.25, -0.2) is 13.1 Å². The van der Waals surface area contributed by atoms with Crippen LogP contribution < -0.4 is 14.4 Å². The van der Waals surface area contributed by atoms with Crippen molar-refractivity contribution < 1.29 is 27.5 Å². The van der Waals surface area contributed by atoms with Crippen molar-refractivity contribution in [2.24, 2.45) is 17.8 Å². The van der Waals surface area contributed by atoms with E-state index in [-0.39, 0.29) is 34.5 Å². The summed E-state index contributed by atoms with van der Waals surface area (Å²) in [5.74, 6) is -0.277. The van der Waals surface area contributed by atoms with E-state index in [1.165, 1.54) is 11.1 Å². The largest absolute Gasteiger partial charge is 0.490 e. The van der Waals surface area contributed by atoms with Gasteiger partial charge in [0.1, 0.15) is 11.4 Å². The number of aryl methyl sites for hydroxylation is 1. The number of ether oxygens (including phenoxy) is 2. The molecule has 10 heteroatoms. The molecule has 242 valence electrons. The summed E-state index contributed by atoms with van der Waals surface area (Å²) in [7, 11) is -2.39. The Kier molecular flexibility index (Phi) is 8.59. The summed E-state index contributed by atoms with van der Waals surface area (Å²) in [5, 5.41) is -0.126. The fraction of sp³-hybridized carbons (Fsp3) is 0.543. The van der Waals surface area contributed by atoms with E-state index in [1.807, 2.05) is 25.1 Å². The lowest BCUT2D eigenvalue weighted by atomic mass is 9.62. The smallest absolute Gasteiger partial charge is 0.264 e. The maximum atomic E-state index is 13.4. The lowest BCUT2D eigenvalue weighted by molar-refractivity contribution is -0.147. The van der Waals surface area contributed by atoms with Crippen LogP contribution in [0.25, 0.3) is 0 Å². The van der Waals surface area contributed by atoms with Crippen molar-refractivity contribution in [3.63, 3.8) is 0 Å². The third kappa shape index (κ3) is 5.69. The molecule has 1 N–H and O–H groups in total. The molecule has 8 nitrogen and oxygen atoms in total. The lowest BCUT2D eigenvalue weighted by Gasteiger charge is -2.49. The number of fused-ring (bicyclic) bond motifs is 4.